The van der Waals surface area contributed by atoms with Gasteiger partial charge in [-0.25, -0.2) is 0 Å². The molecule has 3 rings (SSSR count). The SMILES string of the molecule is CCOC(=O)c1cc2nc(-c3ccc(Br)cc3)[se]c2[nH]1. The van der Waals surface area contributed by atoms with E-state index >= 15 is 0 Å². The number of halogens is 1. The van der Waals surface area contributed by atoms with Crippen LogP contribution in [0.4, 0.5) is 0 Å². The first kappa shape index (κ1) is 13.6. The third-order valence-corrected chi connectivity index (χ3v) is 5.47. The van der Waals surface area contributed by atoms with Gasteiger partial charge in [-0.3, -0.25) is 0 Å². The average Bonchev–Trinajstić information content (AvgIpc) is 2.98. The first-order valence-electron chi connectivity index (χ1n) is 6.10. The molecule has 4 nitrogen and oxygen atoms in total. The fourth-order valence-electron chi connectivity index (χ4n) is 1.85. The molecule has 0 atom stereocenters. The molecule has 0 radical (unpaired) electrons. The summed E-state index contributed by atoms with van der Waals surface area (Å²) in [5.41, 5.74) is 2.46. The van der Waals surface area contributed by atoms with Crippen LogP contribution in [0.25, 0.3) is 20.0 Å². The first-order chi connectivity index (χ1) is 9.67. The molecule has 0 fully saturated rings. The normalized spacial score (nSPS) is 10.9. The third-order valence-electron chi connectivity index (χ3n) is 2.77. The summed E-state index contributed by atoms with van der Waals surface area (Å²) in [5.74, 6) is -0.321. The van der Waals surface area contributed by atoms with E-state index in [4.69, 9.17) is 4.74 Å². The van der Waals surface area contributed by atoms with Crippen molar-refractivity contribution in [2.45, 2.75) is 6.92 Å². The summed E-state index contributed by atoms with van der Waals surface area (Å²) in [5, 5.41) is 0. The zero-order valence-corrected chi connectivity index (χ0v) is 13.9. The Morgan fingerprint density at radius 2 is 2.15 bits per heavy atom. The Bertz CT molecular complexity index is 730. The maximum atomic E-state index is 11.6. The average molecular weight is 398 g/mol. The van der Waals surface area contributed by atoms with E-state index in [9.17, 15) is 4.79 Å². The summed E-state index contributed by atoms with van der Waals surface area (Å²) >= 11 is 3.51. The number of fused-ring (bicyclic) bond motifs is 1. The van der Waals surface area contributed by atoms with Gasteiger partial charge in [0.1, 0.15) is 0 Å². The zero-order valence-electron chi connectivity index (χ0n) is 10.6. The van der Waals surface area contributed by atoms with E-state index in [1.54, 1.807) is 13.0 Å². The van der Waals surface area contributed by atoms with Crippen LogP contribution in [0.15, 0.2) is 34.8 Å². The molecule has 0 aliphatic carbocycles. The van der Waals surface area contributed by atoms with Crippen LogP contribution in [0, 0.1) is 0 Å². The molecule has 20 heavy (non-hydrogen) atoms. The topological polar surface area (TPSA) is 55.0 Å². The molecular formula is C14H11BrN2O2Se. The standard InChI is InChI=1S/C14H11BrN2O2Se/c1-2-19-14(18)11-7-10-13(17-11)20-12(16-10)8-3-5-9(15)6-4-8/h3-7,17H,2H2,1H3. The number of nitrogens with one attached hydrogen (secondary N) is 1. The van der Waals surface area contributed by atoms with Crippen molar-refractivity contribution in [3.63, 3.8) is 0 Å². The molecule has 0 amide bonds. The molecule has 0 aliphatic rings. The summed E-state index contributed by atoms with van der Waals surface area (Å²) < 4.78 is 8.12. The molecule has 0 bridgehead atoms. The summed E-state index contributed by atoms with van der Waals surface area (Å²) in [4.78, 5) is 19.4. The van der Waals surface area contributed by atoms with Crippen LogP contribution in [0.2, 0.25) is 0 Å². The van der Waals surface area contributed by atoms with Crippen molar-refractivity contribution >= 4 is 46.3 Å². The second-order valence-electron chi connectivity index (χ2n) is 4.14. The molecular weight excluding hydrogens is 387 g/mol. The predicted molar refractivity (Wildman–Crippen MR) is 82.1 cm³/mol. The number of benzene rings is 1. The van der Waals surface area contributed by atoms with E-state index in [0.717, 1.165) is 24.5 Å². The van der Waals surface area contributed by atoms with Crippen LogP contribution in [-0.2, 0) is 4.74 Å². The van der Waals surface area contributed by atoms with Gasteiger partial charge in [0.2, 0.25) is 0 Å². The number of esters is 1. The molecule has 1 N–H and O–H groups in total. The van der Waals surface area contributed by atoms with Crippen LogP contribution < -0.4 is 0 Å². The van der Waals surface area contributed by atoms with E-state index in [1.165, 1.54) is 0 Å². The molecule has 6 heteroatoms. The van der Waals surface area contributed by atoms with Crippen LogP contribution in [0.1, 0.15) is 17.4 Å². The minimum absolute atomic E-state index is 0.0912. The van der Waals surface area contributed by atoms with Crippen LogP contribution in [0.3, 0.4) is 0 Å². The number of carbonyl (C=O) groups is 1. The van der Waals surface area contributed by atoms with Gasteiger partial charge >= 0.3 is 130 Å². The third kappa shape index (κ3) is 2.59. The van der Waals surface area contributed by atoms with Gasteiger partial charge in [-0.1, -0.05) is 0 Å². The van der Waals surface area contributed by atoms with Crippen molar-refractivity contribution in [3.05, 3.63) is 40.5 Å². The number of H-pyrrole nitrogens is 1. The Morgan fingerprint density at radius 3 is 2.80 bits per heavy atom. The Balaban J connectivity index is 1.94. The fourth-order valence-corrected chi connectivity index (χ4v) is 4.13. The molecule has 0 aliphatic heterocycles. The number of ether oxygens (including phenoxy) is 1. The van der Waals surface area contributed by atoms with Gasteiger partial charge in [-0.2, -0.15) is 0 Å². The van der Waals surface area contributed by atoms with Crippen molar-refractivity contribution in [3.8, 4) is 10.1 Å². The Hall–Kier alpha value is -1.36. The van der Waals surface area contributed by atoms with Crippen LogP contribution in [0.5, 0.6) is 0 Å². The number of nitrogens with zero attached hydrogens (tertiary/aromatic N) is 1. The maximum absolute atomic E-state index is 11.6. The van der Waals surface area contributed by atoms with Gasteiger partial charge < -0.3 is 0 Å². The fraction of sp³-hybridized carbons (Fsp3) is 0.143. The second kappa shape index (κ2) is 5.56. The molecule has 0 saturated heterocycles. The summed E-state index contributed by atoms with van der Waals surface area (Å²) in [7, 11) is 0. The molecule has 0 unspecified atom stereocenters. The van der Waals surface area contributed by atoms with Crippen LogP contribution in [-0.4, -0.2) is 37.0 Å². The molecule has 1 aromatic carbocycles. The monoisotopic (exact) mass is 398 g/mol. The molecule has 2 heterocycles. The second-order valence-corrected chi connectivity index (χ2v) is 7.16. The number of carbonyl (C=O) groups excluding carboxylic acids is 1. The van der Waals surface area contributed by atoms with Gasteiger partial charge in [0.05, 0.1) is 0 Å². The van der Waals surface area contributed by atoms with Gasteiger partial charge in [0, 0.05) is 0 Å². The number of aromatic nitrogens is 2. The molecule has 2 aromatic heterocycles. The quantitative estimate of drug-likeness (QED) is 0.545. The molecule has 0 saturated carbocycles. The predicted octanol–water partition coefficient (Wildman–Crippen LogP) is 3.23. The van der Waals surface area contributed by atoms with Gasteiger partial charge in [0.25, 0.3) is 0 Å². The first-order valence-corrected chi connectivity index (χ1v) is 8.60. The van der Waals surface area contributed by atoms with E-state index in [0.29, 0.717) is 12.3 Å². The Morgan fingerprint density at radius 1 is 1.40 bits per heavy atom. The van der Waals surface area contributed by atoms with E-state index < -0.39 is 0 Å². The van der Waals surface area contributed by atoms with Crippen molar-refractivity contribution in [1.29, 1.82) is 0 Å². The van der Waals surface area contributed by atoms with Crippen molar-refractivity contribution in [2.24, 2.45) is 0 Å². The summed E-state index contributed by atoms with van der Waals surface area (Å²) in [6.45, 7) is 2.17. The van der Waals surface area contributed by atoms with Crippen LogP contribution >= 0.6 is 15.9 Å². The van der Waals surface area contributed by atoms with Gasteiger partial charge in [-0.15, -0.1) is 0 Å². The molecule has 102 valence electrons. The Labute approximate surface area is 130 Å². The summed E-state index contributed by atoms with van der Waals surface area (Å²) in [6, 6.07) is 9.86. The number of rotatable bonds is 3. The van der Waals surface area contributed by atoms with E-state index in [2.05, 4.69) is 25.9 Å². The van der Waals surface area contributed by atoms with Crippen molar-refractivity contribution in [2.75, 3.05) is 6.61 Å². The molecule has 0 spiro atoms. The summed E-state index contributed by atoms with van der Waals surface area (Å²) in [6.07, 6.45) is 0. The van der Waals surface area contributed by atoms with E-state index in [1.807, 2.05) is 24.3 Å². The number of hydrogen-bond donors (Lipinski definition) is 1. The molecule has 3 aromatic rings. The van der Waals surface area contributed by atoms with Gasteiger partial charge in [-0.05, 0) is 0 Å². The Kier molecular flexibility index (Phi) is 3.78. The number of aromatic amines is 1. The number of hydrogen-bond acceptors (Lipinski definition) is 3. The van der Waals surface area contributed by atoms with Crippen molar-refractivity contribution < 1.29 is 9.53 Å². The van der Waals surface area contributed by atoms with Gasteiger partial charge in [0.15, 0.2) is 0 Å². The zero-order chi connectivity index (χ0) is 14.1. The minimum atomic E-state index is -0.321. The van der Waals surface area contributed by atoms with E-state index in [-0.39, 0.29) is 20.5 Å². The van der Waals surface area contributed by atoms with Crippen molar-refractivity contribution in [1.82, 2.24) is 9.97 Å².